The Morgan fingerprint density at radius 2 is 2.25 bits per heavy atom. The molecule has 0 aromatic rings. The smallest absolute Gasteiger partial charge is 0.0650 e. The molecule has 0 radical (unpaired) electrons. The van der Waals surface area contributed by atoms with Crippen molar-refractivity contribution in [2.75, 3.05) is 5.75 Å². The van der Waals surface area contributed by atoms with E-state index in [1.165, 1.54) is 0 Å². The zero-order valence-corrected chi connectivity index (χ0v) is 5.48. The maximum atomic E-state index is 8.82. The average Bonchev–Trinajstić information content (AvgIpc) is 1.82. The second kappa shape index (κ2) is 1.72. The Labute approximate surface area is 49.9 Å². The van der Waals surface area contributed by atoms with E-state index in [1.54, 1.807) is 6.92 Å². The molecule has 1 rings (SSSR count). The fraction of sp³-hybridized carbons (Fsp3) is 0.750. The van der Waals surface area contributed by atoms with Crippen molar-refractivity contribution in [3.8, 4) is 0 Å². The molecule has 0 aromatic heterocycles. The third-order valence-electron chi connectivity index (χ3n) is 1.04. The predicted octanol–water partition coefficient (Wildman–Crippen LogP) is 1.52. The number of hydrogen-bond acceptors (Lipinski definition) is 3. The summed E-state index contributed by atoms with van der Waals surface area (Å²) in [5.41, 5.74) is 0.852. The van der Waals surface area contributed by atoms with Crippen molar-refractivity contribution in [3.05, 3.63) is 0 Å². The van der Waals surface area contributed by atoms with Crippen LogP contribution in [0, 0.1) is 0 Å². The van der Waals surface area contributed by atoms with Gasteiger partial charge in [0.1, 0.15) is 0 Å². The van der Waals surface area contributed by atoms with Crippen LogP contribution in [0.15, 0.2) is 4.40 Å². The van der Waals surface area contributed by atoms with Crippen LogP contribution in [0.3, 0.4) is 0 Å². The summed E-state index contributed by atoms with van der Waals surface area (Å²) in [5.74, 6) is 0.429. The minimum Gasteiger partial charge on any atom is -0.280 e. The van der Waals surface area contributed by atoms with Crippen LogP contribution in [0.2, 0.25) is 0 Å². The first-order chi connectivity index (χ1) is 3.60. The molecular formula is C4H9NO2S. The average molecular weight is 135 g/mol. The summed E-state index contributed by atoms with van der Waals surface area (Å²) >= 11 is 0. The SMILES string of the molecule is CC1=NS(O)(O)CC1. The van der Waals surface area contributed by atoms with Gasteiger partial charge in [-0.1, -0.05) is 10.8 Å². The van der Waals surface area contributed by atoms with Crippen LogP contribution >= 0.6 is 10.8 Å². The van der Waals surface area contributed by atoms with Gasteiger partial charge in [-0.05, 0) is 6.92 Å². The van der Waals surface area contributed by atoms with Crippen LogP contribution in [-0.4, -0.2) is 20.6 Å². The van der Waals surface area contributed by atoms with Crippen molar-refractivity contribution in [1.82, 2.24) is 0 Å². The van der Waals surface area contributed by atoms with E-state index < -0.39 is 10.8 Å². The lowest BCUT2D eigenvalue weighted by atomic mass is 10.3. The number of nitrogens with zero attached hydrogens (tertiary/aromatic N) is 1. The predicted molar refractivity (Wildman–Crippen MR) is 35.4 cm³/mol. The quantitative estimate of drug-likeness (QED) is 0.529. The molecule has 2 N–H and O–H groups in total. The van der Waals surface area contributed by atoms with Crippen molar-refractivity contribution in [1.29, 1.82) is 0 Å². The van der Waals surface area contributed by atoms with Crippen LogP contribution < -0.4 is 0 Å². The third kappa shape index (κ3) is 1.21. The van der Waals surface area contributed by atoms with Crippen molar-refractivity contribution < 1.29 is 9.11 Å². The van der Waals surface area contributed by atoms with Crippen molar-refractivity contribution in [2.24, 2.45) is 4.40 Å². The Bertz CT molecular complexity index is 132. The maximum Gasteiger partial charge on any atom is 0.0650 e. The largest absolute Gasteiger partial charge is 0.280 e. The molecule has 0 aliphatic carbocycles. The lowest BCUT2D eigenvalue weighted by Gasteiger charge is -2.20. The summed E-state index contributed by atoms with van der Waals surface area (Å²) in [6.45, 7) is 1.81. The van der Waals surface area contributed by atoms with E-state index in [1.807, 2.05) is 0 Å². The maximum absolute atomic E-state index is 8.82. The number of hydrogen-bond donors (Lipinski definition) is 2. The molecule has 3 nitrogen and oxygen atoms in total. The topological polar surface area (TPSA) is 52.8 Å². The van der Waals surface area contributed by atoms with Gasteiger partial charge >= 0.3 is 0 Å². The molecule has 4 heteroatoms. The van der Waals surface area contributed by atoms with Gasteiger partial charge in [0, 0.05) is 12.1 Å². The van der Waals surface area contributed by atoms with Crippen molar-refractivity contribution >= 4 is 16.5 Å². The van der Waals surface area contributed by atoms with Gasteiger partial charge < -0.3 is 0 Å². The van der Waals surface area contributed by atoms with Crippen LogP contribution in [-0.2, 0) is 0 Å². The highest BCUT2D eigenvalue weighted by Crippen LogP contribution is 2.45. The van der Waals surface area contributed by atoms with Gasteiger partial charge in [0.2, 0.25) is 0 Å². The molecule has 0 spiro atoms. The van der Waals surface area contributed by atoms with Crippen molar-refractivity contribution in [2.45, 2.75) is 13.3 Å². The number of rotatable bonds is 0. The van der Waals surface area contributed by atoms with Crippen LogP contribution in [0.4, 0.5) is 0 Å². The molecule has 1 aliphatic heterocycles. The monoisotopic (exact) mass is 135 g/mol. The fourth-order valence-electron chi connectivity index (χ4n) is 0.626. The molecule has 0 saturated heterocycles. The summed E-state index contributed by atoms with van der Waals surface area (Å²) in [4.78, 5) is 0. The zero-order valence-electron chi connectivity index (χ0n) is 4.66. The summed E-state index contributed by atoms with van der Waals surface area (Å²) < 4.78 is 21.3. The van der Waals surface area contributed by atoms with E-state index in [0.717, 1.165) is 12.1 Å². The summed E-state index contributed by atoms with van der Waals surface area (Å²) in [6, 6.07) is 0. The fourth-order valence-corrected chi connectivity index (χ4v) is 1.88. The van der Waals surface area contributed by atoms with Gasteiger partial charge in [-0.2, -0.15) is 4.40 Å². The van der Waals surface area contributed by atoms with Gasteiger partial charge in [0.05, 0.1) is 5.75 Å². The molecular weight excluding hydrogens is 126 g/mol. The lowest BCUT2D eigenvalue weighted by molar-refractivity contribution is 0.493. The van der Waals surface area contributed by atoms with Crippen LogP contribution in [0.25, 0.3) is 0 Å². The normalized spacial score (nSPS) is 29.6. The van der Waals surface area contributed by atoms with Gasteiger partial charge in [0.25, 0.3) is 0 Å². The third-order valence-corrected chi connectivity index (χ3v) is 2.40. The summed E-state index contributed by atoms with van der Waals surface area (Å²) in [5, 5.41) is 0. The van der Waals surface area contributed by atoms with E-state index in [2.05, 4.69) is 4.40 Å². The Morgan fingerprint density at radius 1 is 1.62 bits per heavy atom. The minimum absolute atomic E-state index is 0.429. The first-order valence-corrected chi connectivity index (χ1v) is 4.09. The van der Waals surface area contributed by atoms with E-state index >= 15 is 0 Å². The Kier molecular flexibility index (Phi) is 1.30. The zero-order chi connectivity index (χ0) is 6.20. The van der Waals surface area contributed by atoms with E-state index in [9.17, 15) is 0 Å². The highest BCUT2D eigenvalue weighted by molar-refractivity contribution is 8.23. The molecule has 0 amide bonds. The Hall–Kier alpha value is -0.0600. The molecule has 0 bridgehead atoms. The van der Waals surface area contributed by atoms with Gasteiger partial charge in [-0.3, -0.25) is 9.11 Å². The molecule has 48 valence electrons. The standard InChI is InChI=1S/C4H9NO2S/c1-4-2-3-8(6,7)5-4/h6-7H,2-3H2,1H3. The van der Waals surface area contributed by atoms with E-state index in [4.69, 9.17) is 9.11 Å². The highest BCUT2D eigenvalue weighted by Gasteiger charge is 2.17. The van der Waals surface area contributed by atoms with Gasteiger partial charge in [-0.15, -0.1) is 0 Å². The molecule has 0 fully saturated rings. The second-order valence-electron chi connectivity index (χ2n) is 1.91. The molecule has 0 saturated carbocycles. The second-order valence-corrected chi connectivity index (χ2v) is 3.77. The minimum atomic E-state index is -2.51. The van der Waals surface area contributed by atoms with E-state index in [0.29, 0.717) is 5.75 Å². The molecule has 8 heavy (non-hydrogen) atoms. The first kappa shape index (κ1) is 6.07. The molecule has 1 heterocycles. The van der Waals surface area contributed by atoms with Crippen LogP contribution in [0.1, 0.15) is 13.3 Å². The molecule has 0 aromatic carbocycles. The first-order valence-electron chi connectivity index (χ1n) is 2.41. The van der Waals surface area contributed by atoms with Gasteiger partial charge in [-0.25, -0.2) is 0 Å². The summed E-state index contributed by atoms with van der Waals surface area (Å²) in [6.07, 6.45) is 0.738. The van der Waals surface area contributed by atoms with Gasteiger partial charge in [0.15, 0.2) is 0 Å². The van der Waals surface area contributed by atoms with Crippen LogP contribution in [0.5, 0.6) is 0 Å². The molecule has 1 aliphatic rings. The van der Waals surface area contributed by atoms with Crippen molar-refractivity contribution in [3.63, 3.8) is 0 Å². The highest BCUT2D eigenvalue weighted by atomic mass is 32.3. The van der Waals surface area contributed by atoms with E-state index in [-0.39, 0.29) is 0 Å². The molecule has 0 unspecified atom stereocenters. The molecule has 0 atom stereocenters. The Morgan fingerprint density at radius 3 is 2.38 bits per heavy atom. The summed E-state index contributed by atoms with van der Waals surface area (Å²) in [7, 11) is -2.51. The lowest BCUT2D eigenvalue weighted by Crippen LogP contribution is -1.91. The Balaban J connectivity index is 2.67.